The molecule has 0 heterocycles. The summed E-state index contributed by atoms with van der Waals surface area (Å²) in [5.74, 6) is -1.08. The predicted molar refractivity (Wildman–Crippen MR) is 126 cm³/mol. The summed E-state index contributed by atoms with van der Waals surface area (Å²) in [4.78, 5) is 36.2. The minimum absolute atomic E-state index is 0.00978. The second kappa shape index (κ2) is 9.49. The third-order valence-corrected chi connectivity index (χ3v) is 7.30. The van der Waals surface area contributed by atoms with E-state index in [9.17, 15) is 14.4 Å². The second-order valence-corrected chi connectivity index (χ2v) is 9.77. The van der Waals surface area contributed by atoms with Crippen molar-refractivity contribution in [2.24, 2.45) is 23.7 Å². The minimum atomic E-state index is -0.800. The molecule has 0 aromatic heterocycles. The molecule has 0 radical (unpaired) electrons. The highest BCUT2D eigenvalue weighted by Gasteiger charge is 2.43. The normalized spacial score (nSPS) is 21.2. The molecule has 2 fully saturated rings. The van der Waals surface area contributed by atoms with Gasteiger partial charge in [0.05, 0.1) is 11.8 Å². The number of benzene rings is 2. The minimum Gasteiger partial charge on any atom is -0.481 e. The molecule has 3 aliphatic rings. The summed E-state index contributed by atoms with van der Waals surface area (Å²) < 4.78 is 5.59. The van der Waals surface area contributed by atoms with Crippen LogP contribution in [-0.4, -0.2) is 42.8 Å². The zero-order chi connectivity index (χ0) is 23.7. The largest absolute Gasteiger partial charge is 0.481 e. The number of carboxylic acid groups (broad SMARTS) is 1. The molecule has 0 spiro atoms. The Labute approximate surface area is 198 Å². The van der Waals surface area contributed by atoms with Crippen LogP contribution in [0.5, 0.6) is 0 Å². The molecule has 34 heavy (non-hydrogen) atoms. The quantitative estimate of drug-likeness (QED) is 0.498. The number of hydrogen-bond donors (Lipinski definition) is 3. The molecule has 2 amide bonds. The number of fused-ring (bicyclic) bond motifs is 3. The van der Waals surface area contributed by atoms with Crippen LogP contribution in [0, 0.1) is 23.7 Å². The fourth-order valence-corrected chi connectivity index (χ4v) is 5.05. The van der Waals surface area contributed by atoms with Gasteiger partial charge in [-0.3, -0.25) is 9.59 Å². The van der Waals surface area contributed by atoms with Crippen molar-refractivity contribution in [3.05, 3.63) is 59.7 Å². The van der Waals surface area contributed by atoms with Crippen molar-refractivity contribution in [3.63, 3.8) is 0 Å². The topological polar surface area (TPSA) is 105 Å². The molecule has 1 unspecified atom stereocenters. The molecule has 0 saturated heterocycles. The molecular weight excluding hydrogens is 432 g/mol. The summed E-state index contributed by atoms with van der Waals surface area (Å²) >= 11 is 0. The van der Waals surface area contributed by atoms with Gasteiger partial charge in [0.15, 0.2) is 0 Å². The van der Waals surface area contributed by atoms with E-state index in [1.165, 1.54) is 11.1 Å². The lowest BCUT2D eigenvalue weighted by molar-refractivity contribution is -0.139. The lowest BCUT2D eigenvalue weighted by atomic mass is 9.98. The number of carboxylic acids is 1. The van der Waals surface area contributed by atoms with Gasteiger partial charge in [-0.15, -0.1) is 0 Å². The number of carbonyl (C=O) groups is 3. The Hall–Kier alpha value is -3.35. The lowest BCUT2D eigenvalue weighted by Crippen LogP contribution is -2.40. The maximum absolute atomic E-state index is 12.7. The number of amides is 2. The fraction of sp³-hybridized carbons (Fsp3) is 0.444. The molecule has 0 bridgehead atoms. The van der Waals surface area contributed by atoms with Crippen LogP contribution < -0.4 is 10.6 Å². The summed E-state index contributed by atoms with van der Waals surface area (Å²) in [5, 5.41) is 14.7. The van der Waals surface area contributed by atoms with E-state index in [4.69, 9.17) is 9.84 Å². The molecule has 0 aliphatic heterocycles. The highest BCUT2D eigenvalue weighted by Crippen LogP contribution is 2.44. The molecule has 7 nitrogen and oxygen atoms in total. The third kappa shape index (κ3) is 4.93. The van der Waals surface area contributed by atoms with Crippen LogP contribution >= 0.6 is 0 Å². The molecule has 2 aromatic carbocycles. The number of ether oxygens (including phenoxy) is 1. The van der Waals surface area contributed by atoms with E-state index in [0.717, 1.165) is 30.4 Å². The first-order valence-corrected chi connectivity index (χ1v) is 12.1. The van der Waals surface area contributed by atoms with E-state index in [2.05, 4.69) is 34.9 Å². The standard InChI is InChI=1S/C27H30N2O5/c30-25(28-13-17-12-23(17)26(31)32)18(11-16-9-10-16)14-29-27(33)34-15-24-21-7-3-1-5-19(21)20-6-2-4-8-22(20)24/h1-8,16-18,23-24H,9-15H2,(H,28,30)(H,29,33)(H,31,32)/t17-,18?,23-/m0/s1. The maximum Gasteiger partial charge on any atom is 0.407 e. The highest BCUT2D eigenvalue weighted by atomic mass is 16.5. The van der Waals surface area contributed by atoms with E-state index in [0.29, 0.717) is 18.9 Å². The van der Waals surface area contributed by atoms with Gasteiger partial charge in [-0.2, -0.15) is 0 Å². The van der Waals surface area contributed by atoms with Crippen LogP contribution in [0.15, 0.2) is 48.5 Å². The average Bonchev–Trinajstić information content (AvgIpc) is 3.77. The van der Waals surface area contributed by atoms with E-state index >= 15 is 0 Å². The number of carbonyl (C=O) groups excluding carboxylic acids is 2. The Morgan fingerprint density at radius 2 is 1.62 bits per heavy atom. The predicted octanol–water partition coefficient (Wildman–Crippen LogP) is 3.78. The summed E-state index contributed by atoms with van der Waals surface area (Å²) in [7, 11) is 0. The van der Waals surface area contributed by atoms with Crippen LogP contribution in [0.25, 0.3) is 11.1 Å². The molecule has 178 valence electrons. The first kappa shape index (κ1) is 22.4. The maximum atomic E-state index is 12.7. The van der Waals surface area contributed by atoms with Gasteiger partial charge in [0.25, 0.3) is 0 Å². The number of hydrogen-bond acceptors (Lipinski definition) is 4. The van der Waals surface area contributed by atoms with Gasteiger partial charge in [0.1, 0.15) is 6.61 Å². The van der Waals surface area contributed by atoms with Crippen molar-refractivity contribution in [2.45, 2.75) is 31.6 Å². The van der Waals surface area contributed by atoms with Gasteiger partial charge in [-0.25, -0.2) is 4.79 Å². The van der Waals surface area contributed by atoms with Gasteiger partial charge >= 0.3 is 12.1 Å². The van der Waals surface area contributed by atoms with Crippen LogP contribution in [-0.2, 0) is 14.3 Å². The molecule has 5 rings (SSSR count). The van der Waals surface area contributed by atoms with Crippen molar-refractivity contribution in [2.75, 3.05) is 19.7 Å². The summed E-state index contributed by atoms with van der Waals surface area (Å²) in [6.07, 6.45) is 3.03. The Bertz CT molecular complexity index is 1050. The Morgan fingerprint density at radius 3 is 2.21 bits per heavy atom. The first-order valence-electron chi connectivity index (χ1n) is 12.1. The summed E-state index contributed by atoms with van der Waals surface area (Å²) in [6, 6.07) is 16.4. The highest BCUT2D eigenvalue weighted by molar-refractivity contribution is 5.81. The average molecular weight is 463 g/mol. The molecule has 2 saturated carbocycles. The first-order chi connectivity index (χ1) is 16.5. The van der Waals surface area contributed by atoms with Crippen LogP contribution in [0.4, 0.5) is 4.79 Å². The summed E-state index contributed by atoms with van der Waals surface area (Å²) in [6.45, 7) is 0.825. The third-order valence-electron chi connectivity index (χ3n) is 7.30. The van der Waals surface area contributed by atoms with Gasteiger partial charge in [0, 0.05) is 19.0 Å². The Morgan fingerprint density at radius 1 is 0.971 bits per heavy atom. The Kier molecular flexibility index (Phi) is 6.26. The van der Waals surface area contributed by atoms with E-state index in [-0.39, 0.29) is 42.7 Å². The van der Waals surface area contributed by atoms with Gasteiger partial charge in [-0.1, -0.05) is 61.4 Å². The van der Waals surface area contributed by atoms with E-state index in [1.54, 1.807) is 0 Å². The van der Waals surface area contributed by atoms with Crippen molar-refractivity contribution < 1.29 is 24.2 Å². The van der Waals surface area contributed by atoms with Crippen LogP contribution in [0.2, 0.25) is 0 Å². The van der Waals surface area contributed by atoms with E-state index < -0.39 is 12.1 Å². The van der Waals surface area contributed by atoms with Gasteiger partial charge in [0.2, 0.25) is 5.91 Å². The fourth-order valence-electron chi connectivity index (χ4n) is 5.05. The van der Waals surface area contributed by atoms with Crippen molar-refractivity contribution >= 4 is 18.0 Å². The number of alkyl carbamates (subject to hydrolysis) is 1. The molecular formula is C27H30N2O5. The molecule has 2 aromatic rings. The number of rotatable bonds is 10. The smallest absolute Gasteiger partial charge is 0.407 e. The van der Waals surface area contributed by atoms with Crippen molar-refractivity contribution in [3.8, 4) is 11.1 Å². The molecule has 3 N–H and O–H groups in total. The van der Waals surface area contributed by atoms with Crippen LogP contribution in [0.3, 0.4) is 0 Å². The molecule has 3 atom stereocenters. The number of aliphatic carboxylic acids is 1. The van der Waals surface area contributed by atoms with Gasteiger partial charge < -0.3 is 20.5 Å². The molecule has 7 heteroatoms. The second-order valence-electron chi connectivity index (χ2n) is 9.77. The zero-order valence-electron chi connectivity index (χ0n) is 19.0. The monoisotopic (exact) mass is 462 g/mol. The number of nitrogens with one attached hydrogen (secondary N) is 2. The van der Waals surface area contributed by atoms with Gasteiger partial charge in [-0.05, 0) is 46.9 Å². The lowest BCUT2D eigenvalue weighted by Gasteiger charge is -2.18. The SMILES string of the molecule is O=C(NCC(CC1CC1)C(=O)NC[C@@H]1C[C@@H]1C(=O)O)OCC1c2ccccc2-c2ccccc21. The summed E-state index contributed by atoms with van der Waals surface area (Å²) in [5.41, 5.74) is 4.66. The Balaban J connectivity index is 1.13. The zero-order valence-corrected chi connectivity index (χ0v) is 19.0. The molecule has 3 aliphatic carbocycles. The van der Waals surface area contributed by atoms with Crippen molar-refractivity contribution in [1.82, 2.24) is 10.6 Å². The van der Waals surface area contributed by atoms with E-state index in [1.807, 2.05) is 24.3 Å². The van der Waals surface area contributed by atoms with Crippen molar-refractivity contribution in [1.29, 1.82) is 0 Å². The van der Waals surface area contributed by atoms with Crippen LogP contribution in [0.1, 0.15) is 42.7 Å².